The average Bonchev–Trinajstić information content (AvgIpc) is 3.40. The molecule has 0 saturated carbocycles. The minimum atomic E-state index is 0.252. The van der Waals surface area contributed by atoms with E-state index in [0.717, 1.165) is 69.3 Å². The summed E-state index contributed by atoms with van der Waals surface area (Å²) in [5.41, 5.74) is 2.24. The fourth-order valence-electron chi connectivity index (χ4n) is 4.32. The Labute approximate surface area is 147 Å². The third kappa shape index (κ3) is 2.83. The van der Waals surface area contributed by atoms with Gasteiger partial charge in [-0.05, 0) is 56.0 Å². The minimum absolute atomic E-state index is 0.252. The van der Waals surface area contributed by atoms with E-state index in [1.54, 1.807) is 0 Å². The first-order chi connectivity index (χ1) is 12.4. The molecule has 3 aliphatic heterocycles. The van der Waals surface area contributed by atoms with Crippen LogP contribution in [0, 0.1) is 0 Å². The Hall–Kier alpha value is -1.92. The van der Waals surface area contributed by atoms with Gasteiger partial charge in [0.25, 0.3) is 0 Å². The van der Waals surface area contributed by atoms with Crippen molar-refractivity contribution in [3.8, 4) is 17.1 Å². The zero-order valence-electron chi connectivity index (χ0n) is 14.3. The molecule has 6 heteroatoms. The van der Waals surface area contributed by atoms with Gasteiger partial charge in [0.2, 0.25) is 11.7 Å². The van der Waals surface area contributed by atoms with Crippen molar-refractivity contribution in [1.29, 1.82) is 0 Å². The molecule has 0 amide bonds. The summed E-state index contributed by atoms with van der Waals surface area (Å²) < 4.78 is 16.8. The SMILES string of the molecule is c1cc2c(cc1-c1noc([C@@H]3CCCN3C3CCOCC3)n1)CCO2. The lowest BCUT2D eigenvalue weighted by Crippen LogP contribution is -2.39. The molecule has 0 N–H and O–H groups in total. The molecule has 25 heavy (non-hydrogen) atoms. The largest absolute Gasteiger partial charge is 0.493 e. The number of nitrogens with zero attached hydrogens (tertiary/aromatic N) is 3. The first-order valence-corrected chi connectivity index (χ1v) is 9.32. The molecule has 6 nitrogen and oxygen atoms in total. The third-order valence-corrected chi connectivity index (χ3v) is 5.63. The Kier molecular flexibility index (Phi) is 3.94. The zero-order chi connectivity index (χ0) is 16.6. The summed E-state index contributed by atoms with van der Waals surface area (Å²) in [4.78, 5) is 7.29. The lowest BCUT2D eigenvalue weighted by Gasteiger charge is -2.33. The van der Waals surface area contributed by atoms with Gasteiger partial charge in [0.15, 0.2) is 0 Å². The van der Waals surface area contributed by atoms with Gasteiger partial charge in [-0.25, -0.2) is 0 Å². The van der Waals surface area contributed by atoms with E-state index in [1.807, 2.05) is 12.1 Å². The highest BCUT2D eigenvalue weighted by molar-refractivity contribution is 5.59. The van der Waals surface area contributed by atoms with E-state index >= 15 is 0 Å². The molecule has 2 aromatic rings. The summed E-state index contributed by atoms with van der Waals surface area (Å²) in [5, 5.41) is 4.26. The number of rotatable bonds is 3. The Bertz CT molecular complexity index is 754. The van der Waals surface area contributed by atoms with Gasteiger partial charge in [-0.2, -0.15) is 4.98 Å². The van der Waals surface area contributed by atoms with E-state index in [-0.39, 0.29) is 6.04 Å². The zero-order valence-corrected chi connectivity index (χ0v) is 14.3. The summed E-state index contributed by atoms with van der Waals surface area (Å²) in [6.45, 7) is 3.60. The van der Waals surface area contributed by atoms with Crippen molar-refractivity contribution in [2.75, 3.05) is 26.4 Å². The maximum Gasteiger partial charge on any atom is 0.244 e. The number of likely N-dealkylation sites (tertiary alicyclic amines) is 1. The van der Waals surface area contributed by atoms with Gasteiger partial charge >= 0.3 is 0 Å². The van der Waals surface area contributed by atoms with Crippen LogP contribution in [0.25, 0.3) is 11.4 Å². The molecule has 0 bridgehead atoms. The van der Waals surface area contributed by atoms with E-state index in [2.05, 4.69) is 16.1 Å². The van der Waals surface area contributed by atoms with Crippen LogP contribution in [0.4, 0.5) is 0 Å². The summed E-state index contributed by atoms with van der Waals surface area (Å²) in [6, 6.07) is 6.99. The van der Waals surface area contributed by atoms with Gasteiger partial charge in [0, 0.05) is 31.2 Å². The van der Waals surface area contributed by atoms with Crippen molar-refractivity contribution in [2.45, 2.75) is 44.2 Å². The van der Waals surface area contributed by atoms with Crippen molar-refractivity contribution >= 4 is 0 Å². The molecule has 1 aromatic carbocycles. The maximum absolute atomic E-state index is 5.68. The smallest absolute Gasteiger partial charge is 0.244 e. The molecule has 2 fully saturated rings. The molecule has 4 heterocycles. The Morgan fingerprint density at radius 1 is 1.08 bits per heavy atom. The van der Waals surface area contributed by atoms with E-state index in [0.29, 0.717) is 11.9 Å². The van der Waals surface area contributed by atoms with Crippen LogP contribution in [0.5, 0.6) is 5.75 Å². The van der Waals surface area contributed by atoms with Gasteiger partial charge < -0.3 is 14.0 Å². The molecule has 3 aliphatic rings. The monoisotopic (exact) mass is 341 g/mol. The molecule has 1 atom stereocenters. The summed E-state index contributed by atoms with van der Waals surface area (Å²) in [7, 11) is 0. The fourth-order valence-corrected chi connectivity index (χ4v) is 4.32. The Morgan fingerprint density at radius 2 is 2.00 bits per heavy atom. The Morgan fingerprint density at radius 3 is 2.92 bits per heavy atom. The van der Waals surface area contributed by atoms with Gasteiger partial charge in [-0.15, -0.1) is 0 Å². The molecule has 5 rings (SSSR count). The second-order valence-electron chi connectivity index (χ2n) is 7.12. The highest BCUT2D eigenvalue weighted by Gasteiger charge is 2.36. The van der Waals surface area contributed by atoms with Crippen molar-refractivity contribution in [1.82, 2.24) is 15.0 Å². The summed E-state index contributed by atoms with van der Waals surface area (Å²) >= 11 is 0. The van der Waals surface area contributed by atoms with Crippen molar-refractivity contribution < 1.29 is 14.0 Å². The van der Waals surface area contributed by atoms with Crippen molar-refractivity contribution in [2.24, 2.45) is 0 Å². The summed E-state index contributed by atoms with van der Waals surface area (Å²) in [6.07, 6.45) is 5.44. The number of ether oxygens (including phenoxy) is 2. The van der Waals surface area contributed by atoms with Gasteiger partial charge in [-0.3, -0.25) is 4.90 Å². The predicted molar refractivity (Wildman–Crippen MR) is 91.5 cm³/mol. The van der Waals surface area contributed by atoms with Gasteiger partial charge in [0.05, 0.1) is 12.6 Å². The summed E-state index contributed by atoms with van der Waals surface area (Å²) in [5.74, 6) is 2.42. The maximum atomic E-state index is 5.68. The van der Waals surface area contributed by atoms with E-state index in [9.17, 15) is 0 Å². The number of hydrogen-bond acceptors (Lipinski definition) is 6. The lowest BCUT2D eigenvalue weighted by molar-refractivity contribution is 0.0243. The molecular formula is C19H23N3O3. The number of aromatic nitrogens is 2. The molecule has 0 unspecified atom stereocenters. The molecule has 2 saturated heterocycles. The van der Waals surface area contributed by atoms with Crippen molar-refractivity contribution in [3.63, 3.8) is 0 Å². The quantitative estimate of drug-likeness (QED) is 0.855. The standard InChI is InChI=1S/C19H23N3O3/c1-2-16(22(8-1)15-6-9-23-10-7-15)19-20-18(21-25-19)14-3-4-17-13(12-14)5-11-24-17/h3-4,12,15-16H,1-2,5-11H2/t16-/m0/s1. The van der Waals surface area contributed by atoms with Crippen LogP contribution in [-0.4, -0.2) is 47.4 Å². The van der Waals surface area contributed by atoms with E-state index < -0.39 is 0 Å². The van der Waals surface area contributed by atoms with Crippen LogP contribution in [0.15, 0.2) is 22.7 Å². The third-order valence-electron chi connectivity index (χ3n) is 5.63. The van der Waals surface area contributed by atoms with Crippen LogP contribution < -0.4 is 4.74 Å². The predicted octanol–water partition coefficient (Wildman–Crippen LogP) is 2.99. The Balaban J connectivity index is 1.38. The van der Waals surface area contributed by atoms with Crippen LogP contribution in [0.1, 0.15) is 43.2 Å². The number of benzene rings is 1. The normalized spacial score (nSPS) is 24.4. The van der Waals surface area contributed by atoms with E-state index in [4.69, 9.17) is 19.0 Å². The molecule has 0 spiro atoms. The first-order valence-electron chi connectivity index (χ1n) is 9.32. The van der Waals surface area contributed by atoms with Gasteiger partial charge in [-0.1, -0.05) is 5.16 Å². The highest BCUT2D eigenvalue weighted by atomic mass is 16.5. The van der Waals surface area contributed by atoms with Crippen LogP contribution in [-0.2, 0) is 11.2 Å². The van der Waals surface area contributed by atoms with E-state index in [1.165, 1.54) is 12.0 Å². The van der Waals surface area contributed by atoms with Crippen LogP contribution >= 0.6 is 0 Å². The number of hydrogen-bond donors (Lipinski definition) is 0. The van der Waals surface area contributed by atoms with Crippen LogP contribution in [0.2, 0.25) is 0 Å². The second-order valence-corrected chi connectivity index (χ2v) is 7.12. The van der Waals surface area contributed by atoms with Crippen molar-refractivity contribution in [3.05, 3.63) is 29.7 Å². The van der Waals surface area contributed by atoms with Crippen LogP contribution in [0.3, 0.4) is 0 Å². The minimum Gasteiger partial charge on any atom is -0.493 e. The molecule has 0 radical (unpaired) electrons. The number of fused-ring (bicyclic) bond motifs is 1. The van der Waals surface area contributed by atoms with Gasteiger partial charge in [0.1, 0.15) is 5.75 Å². The lowest BCUT2D eigenvalue weighted by atomic mass is 10.1. The molecular weight excluding hydrogens is 318 g/mol. The highest BCUT2D eigenvalue weighted by Crippen LogP contribution is 2.36. The molecule has 0 aliphatic carbocycles. The fraction of sp³-hybridized carbons (Fsp3) is 0.579. The average molecular weight is 341 g/mol. The second kappa shape index (κ2) is 6.42. The molecule has 1 aromatic heterocycles. The first kappa shape index (κ1) is 15.3. The topological polar surface area (TPSA) is 60.6 Å². The molecule has 132 valence electrons.